The zero-order valence-corrected chi connectivity index (χ0v) is 10.7. The van der Waals surface area contributed by atoms with E-state index in [9.17, 15) is 0 Å². The van der Waals surface area contributed by atoms with E-state index < -0.39 is 0 Å². The normalized spacial score (nSPS) is 11.2. The Morgan fingerprint density at radius 3 is 2.81 bits per heavy atom. The first-order valence-corrected chi connectivity index (χ1v) is 5.86. The number of furan rings is 1. The van der Waals surface area contributed by atoms with Crippen molar-refractivity contribution in [3.8, 4) is 11.3 Å². The summed E-state index contributed by atoms with van der Waals surface area (Å²) in [5.41, 5.74) is 7.58. The zero-order chi connectivity index (χ0) is 11.7. The minimum absolute atomic E-state index is 0.455. The summed E-state index contributed by atoms with van der Waals surface area (Å²) in [4.78, 5) is 0. The maximum absolute atomic E-state index is 5.80. The van der Waals surface area contributed by atoms with Crippen LogP contribution in [0.25, 0.3) is 11.3 Å². The number of rotatable bonds is 3. The number of hydrogen-bond acceptors (Lipinski definition) is 4. The predicted octanol–water partition coefficient (Wildman–Crippen LogP) is 3.48. The summed E-state index contributed by atoms with van der Waals surface area (Å²) in [5, 5.41) is 3.81. The van der Waals surface area contributed by atoms with Crippen LogP contribution in [-0.2, 0) is 6.42 Å². The molecule has 0 radical (unpaired) electrons. The van der Waals surface area contributed by atoms with Gasteiger partial charge in [-0.15, -0.1) is 0 Å². The second-order valence-electron chi connectivity index (χ2n) is 4.08. The minimum atomic E-state index is 0.455. The smallest absolute Gasteiger partial charge is 0.180 e. The van der Waals surface area contributed by atoms with Gasteiger partial charge in [-0.1, -0.05) is 19.0 Å². The molecule has 0 amide bonds. The highest BCUT2D eigenvalue weighted by atomic mass is 79.9. The predicted molar refractivity (Wildman–Crippen MR) is 64.9 cm³/mol. The summed E-state index contributed by atoms with van der Waals surface area (Å²) < 4.78 is 11.1. The molecule has 0 aliphatic carbocycles. The van der Waals surface area contributed by atoms with Crippen LogP contribution in [0.1, 0.15) is 19.4 Å². The monoisotopic (exact) mass is 284 g/mol. The van der Waals surface area contributed by atoms with Crippen LogP contribution in [0.2, 0.25) is 0 Å². The summed E-state index contributed by atoms with van der Waals surface area (Å²) in [6.07, 6.45) is 2.43. The third-order valence-electron chi connectivity index (χ3n) is 2.29. The first-order valence-electron chi connectivity index (χ1n) is 5.07. The standard InChI is InChI=1S/C11H13BrN2O2/c1-6(2)5-8-9(16-14-11(8)13)7-3-4-15-10(7)12/h3-4,6H,5H2,1-2H3,(H2,13,14). The number of nitrogen functional groups attached to an aromatic ring is 1. The molecule has 2 N–H and O–H groups in total. The Bertz CT molecular complexity index is 488. The Morgan fingerprint density at radius 2 is 2.25 bits per heavy atom. The van der Waals surface area contributed by atoms with Gasteiger partial charge < -0.3 is 14.7 Å². The van der Waals surface area contributed by atoms with E-state index in [0.29, 0.717) is 22.2 Å². The van der Waals surface area contributed by atoms with Crippen molar-refractivity contribution in [3.63, 3.8) is 0 Å². The fourth-order valence-electron chi connectivity index (χ4n) is 1.59. The Balaban J connectivity index is 2.46. The summed E-state index contributed by atoms with van der Waals surface area (Å²) in [6.45, 7) is 4.25. The molecule has 4 nitrogen and oxygen atoms in total. The Labute approximate surface area is 102 Å². The van der Waals surface area contributed by atoms with E-state index in [2.05, 4.69) is 34.9 Å². The molecule has 0 unspecified atom stereocenters. The van der Waals surface area contributed by atoms with Crippen LogP contribution in [-0.4, -0.2) is 5.16 Å². The van der Waals surface area contributed by atoms with Crippen molar-refractivity contribution in [2.24, 2.45) is 5.92 Å². The molecular formula is C11H13BrN2O2. The van der Waals surface area contributed by atoms with Crippen LogP contribution in [0.5, 0.6) is 0 Å². The van der Waals surface area contributed by atoms with Gasteiger partial charge in [0.05, 0.1) is 11.8 Å². The van der Waals surface area contributed by atoms with Gasteiger partial charge in [0.1, 0.15) is 0 Å². The number of anilines is 1. The van der Waals surface area contributed by atoms with Gasteiger partial charge in [0.25, 0.3) is 0 Å². The van der Waals surface area contributed by atoms with E-state index in [1.165, 1.54) is 0 Å². The van der Waals surface area contributed by atoms with Gasteiger partial charge in [-0.2, -0.15) is 0 Å². The third kappa shape index (κ3) is 2.00. The highest BCUT2D eigenvalue weighted by Gasteiger charge is 2.19. The fraction of sp³-hybridized carbons (Fsp3) is 0.364. The van der Waals surface area contributed by atoms with Crippen molar-refractivity contribution in [1.82, 2.24) is 5.16 Å². The SMILES string of the molecule is CC(C)Cc1c(N)noc1-c1ccoc1Br. The van der Waals surface area contributed by atoms with Gasteiger partial charge in [0.2, 0.25) is 0 Å². The van der Waals surface area contributed by atoms with E-state index in [1.54, 1.807) is 6.26 Å². The average Bonchev–Trinajstić information content (AvgIpc) is 2.75. The first-order chi connectivity index (χ1) is 7.59. The largest absolute Gasteiger partial charge is 0.457 e. The van der Waals surface area contributed by atoms with Gasteiger partial charge in [0, 0.05) is 5.56 Å². The third-order valence-corrected chi connectivity index (χ3v) is 2.91. The number of halogens is 1. The topological polar surface area (TPSA) is 65.2 Å². The summed E-state index contributed by atoms with van der Waals surface area (Å²) in [6, 6.07) is 1.83. The molecule has 0 aliphatic rings. The first kappa shape index (κ1) is 11.3. The van der Waals surface area contributed by atoms with E-state index in [1.807, 2.05) is 6.07 Å². The van der Waals surface area contributed by atoms with Crippen LogP contribution in [0, 0.1) is 5.92 Å². The van der Waals surface area contributed by atoms with Gasteiger partial charge in [-0.25, -0.2) is 0 Å². The molecule has 16 heavy (non-hydrogen) atoms. The molecule has 2 rings (SSSR count). The fourth-order valence-corrected chi connectivity index (χ4v) is 2.01. The summed E-state index contributed by atoms with van der Waals surface area (Å²) in [5.74, 6) is 1.63. The lowest BCUT2D eigenvalue weighted by Crippen LogP contribution is -1.98. The second-order valence-corrected chi connectivity index (χ2v) is 4.80. The van der Waals surface area contributed by atoms with Gasteiger partial charge >= 0.3 is 0 Å². The molecule has 2 aromatic heterocycles. The van der Waals surface area contributed by atoms with Crippen molar-refractivity contribution >= 4 is 21.7 Å². The Kier molecular flexibility index (Phi) is 3.05. The number of nitrogens with zero attached hydrogens (tertiary/aromatic N) is 1. The van der Waals surface area contributed by atoms with Crippen molar-refractivity contribution in [2.45, 2.75) is 20.3 Å². The minimum Gasteiger partial charge on any atom is -0.457 e. The van der Waals surface area contributed by atoms with E-state index in [-0.39, 0.29) is 0 Å². The lowest BCUT2D eigenvalue weighted by molar-refractivity contribution is 0.433. The van der Waals surface area contributed by atoms with Crippen LogP contribution in [0.15, 0.2) is 25.9 Å². The molecule has 0 aromatic carbocycles. The highest BCUT2D eigenvalue weighted by Crippen LogP contribution is 2.35. The second kappa shape index (κ2) is 4.33. The molecule has 0 spiro atoms. The summed E-state index contributed by atoms with van der Waals surface area (Å²) in [7, 11) is 0. The van der Waals surface area contributed by atoms with Crippen molar-refractivity contribution in [3.05, 3.63) is 22.6 Å². The van der Waals surface area contributed by atoms with E-state index in [0.717, 1.165) is 17.5 Å². The van der Waals surface area contributed by atoms with Crippen LogP contribution in [0.3, 0.4) is 0 Å². The maximum Gasteiger partial charge on any atom is 0.180 e. The molecule has 0 aliphatic heterocycles. The molecule has 2 aromatic rings. The summed E-state index contributed by atoms with van der Waals surface area (Å²) >= 11 is 3.32. The van der Waals surface area contributed by atoms with Crippen LogP contribution >= 0.6 is 15.9 Å². The molecule has 0 saturated heterocycles. The lowest BCUT2D eigenvalue weighted by atomic mass is 10.0. The van der Waals surface area contributed by atoms with Gasteiger partial charge in [0.15, 0.2) is 16.2 Å². The van der Waals surface area contributed by atoms with E-state index in [4.69, 9.17) is 14.7 Å². The van der Waals surface area contributed by atoms with Crippen LogP contribution in [0.4, 0.5) is 5.82 Å². The molecule has 0 bridgehead atoms. The van der Waals surface area contributed by atoms with Crippen LogP contribution < -0.4 is 5.73 Å². The Hall–Kier alpha value is -1.23. The Morgan fingerprint density at radius 1 is 1.50 bits per heavy atom. The molecule has 86 valence electrons. The van der Waals surface area contributed by atoms with Gasteiger partial charge in [-0.3, -0.25) is 0 Å². The average molecular weight is 285 g/mol. The van der Waals surface area contributed by atoms with Crippen molar-refractivity contribution in [1.29, 1.82) is 0 Å². The maximum atomic E-state index is 5.80. The molecule has 0 fully saturated rings. The quantitative estimate of drug-likeness (QED) is 0.937. The van der Waals surface area contributed by atoms with Gasteiger partial charge in [-0.05, 0) is 34.3 Å². The molecular weight excluding hydrogens is 272 g/mol. The number of aromatic nitrogens is 1. The molecule has 0 saturated carbocycles. The lowest BCUT2D eigenvalue weighted by Gasteiger charge is -2.03. The molecule has 5 heteroatoms. The highest BCUT2D eigenvalue weighted by molar-refractivity contribution is 9.10. The molecule has 0 atom stereocenters. The molecule has 2 heterocycles. The van der Waals surface area contributed by atoms with Crippen molar-refractivity contribution < 1.29 is 8.94 Å². The number of hydrogen-bond donors (Lipinski definition) is 1. The number of nitrogens with two attached hydrogens (primary N) is 1. The zero-order valence-electron chi connectivity index (χ0n) is 9.16. The van der Waals surface area contributed by atoms with E-state index >= 15 is 0 Å². The van der Waals surface area contributed by atoms with Crippen molar-refractivity contribution in [2.75, 3.05) is 5.73 Å².